The number of hydrogen-bond donors (Lipinski definition) is 1. The Morgan fingerprint density at radius 1 is 1.26 bits per heavy atom. The molecule has 1 fully saturated rings. The van der Waals surface area contributed by atoms with Gasteiger partial charge in [0.1, 0.15) is 12.4 Å². The van der Waals surface area contributed by atoms with Crippen molar-refractivity contribution in [2.75, 3.05) is 40.0 Å². The van der Waals surface area contributed by atoms with Crippen LogP contribution in [0.3, 0.4) is 0 Å². The minimum atomic E-state index is -3.48. The lowest BCUT2D eigenvalue weighted by atomic mass is 10.2. The molecule has 0 aliphatic carbocycles. The highest BCUT2D eigenvalue weighted by atomic mass is 32.2. The van der Waals surface area contributed by atoms with Crippen LogP contribution < -0.4 is 9.46 Å². The minimum Gasteiger partial charge on any atom is -0.491 e. The predicted octanol–water partition coefficient (Wildman–Crippen LogP) is 1.47. The number of likely N-dealkylation sites (N-methyl/N-ethyl adjacent to an activating group) is 1. The minimum absolute atomic E-state index is 0.262. The zero-order valence-electron chi connectivity index (χ0n) is 13.8. The summed E-state index contributed by atoms with van der Waals surface area (Å²) in [5.41, 5.74) is 0. The van der Waals surface area contributed by atoms with Gasteiger partial charge in [-0.2, -0.15) is 0 Å². The van der Waals surface area contributed by atoms with Crippen LogP contribution in [-0.4, -0.2) is 59.3 Å². The molecule has 1 aromatic rings. The van der Waals surface area contributed by atoms with Gasteiger partial charge in [0.25, 0.3) is 0 Å². The number of likely N-dealkylation sites (tertiary alicyclic amines) is 1. The lowest BCUT2D eigenvalue weighted by molar-refractivity contribution is 0.146. The summed E-state index contributed by atoms with van der Waals surface area (Å²) in [7, 11) is -1.87. The quantitative estimate of drug-likeness (QED) is 0.689. The Hall–Kier alpha value is -1.15. The molecule has 0 unspecified atom stereocenters. The first-order valence-electron chi connectivity index (χ1n) is 8.02. The monoisotopic (exact) mass is 342 g/mol. The van der Waals surface area contributed by atoms with Crippen molar-refractivity contribution >= 4 is 10.0 Å². The van der Waals surface area contributed by atoms with Gasteiger partial charge in [0, 0.05) is 19.7 Å². The third-order valence-electron chi connectivity index (χ3n) is 4.10. The molecule has 0 bridgehead atoms. The van der Waals surface area contributed by atoms with Gasteiger partial charge in [-0.3, -0.25) is 4.90 Å². The zero-order valence-corrected chi connectivity index (χ0v) is 14.6. The van der Waals surface area contributed by atoms with Crippen molar-refractivity contribution in [3.63, 3.8) is 0 Å². The normalized spacial score (nSPS) is 19.1. The van der Waals surface area contributed by atoms with Gasteiger partial charge in [-0.05, 0) is 50.2 Å². The van der Waals surface area contributed by atoms with Gasteiger partial charge in [-0.25, -0.2) is 13.1 Å². The van der Waals surface area contributed by atoms with E-state index in [-0.39, 0.29) is 4.90 Å². The fraction of sp³-hybridized carbons (Fsp3) is 0.625. The van der Waals surface area contributed by atoms with Crippen LogP contribution in [0.4, 0.5) is 0 Å². The van der Waals surface area contributed by atoms with E-state index < -0.39 is 10.0 Å². The van der Waals surface area contributed by atoms with Crippen LogP contribution in [0.15, 0.2) is 29.2 Å². The highest BCUT2D eigenvalue weighted by Gasteiger charge is 2.25. The number of hydrogen-bond acceptors (Lipinski definition) is 5. The van der Waals surface area contributed by atoms with Crippen molar-refractivity contribution < 1.29 is 17.9 Å². The second-order valence-corrected chi connectivity index (χ2v) is 7.36. The number of nitrogens with zero attached hydrogens (tertiary/aromatic N) is 1. The van der Waals surface area contributed by atoms with Crippen molar-refractivity contribution in [2.45, 2.75) is 30.7 Å². The first-order chi connectivity index (χ1) is 11.1. The van der Waals surface area contributed by atoms with Crippen LogP contribution in [0.1, 0.15) is 19.8 Å². The van der Waals surface area contributed by atoms with Crippen LogP contribution in [0, 0.1) is 0 Å². The van der Waals surface area contributed by atoms with Crippen molar-refractivity contribution in [3.8, 4) is 5.75 Å². The molecule has 7 heteroatoms. The number of methoxy groups -OCH3 is 1. The Labute approximate surface area is 138 Å². The number of nitrogens with one attached hydrogen (secondary N) is 1. The van der Waals surface area contributed by atoms with E-state index in [0.717, 1.165) is 25.9 Å². The van der Waals surface area contributed by atoms with E-state index in [9.17, 15) is 8.42 Å². The smallest absolute Gasteiger partial charge is 0.240 e. The summed E-state index contributed by atoms with van der Waals surface area (Å²) in [4.78, 5) is 2.58. The Morgan fingerprint density at radius 2 is 2.00 bits per heavy atom. The lowest BCUT2D eigenvalue weighted by Crippen LogP contribution is -2.39. The van der Waals surface area contributed by atoms with E-state index in [4.69, 9.17) is 9.47 Å². The Kier molecular flexibility index (Phi) is 6.83. The van der Waals surface area contributed by atoms with Gasteiger partial charge < -0.3 is 9.47 Å². The summed E-state index contributed by atoms with van der Waals surface area (Å²) in [5, 5.41) is 0. The fourth-order valence-corrected chi connectivity index (χ4v) is 3.86. The molecule has 23 heavy (non-hydrogen) atoms. The average Bonchev–Trinajstić information content (AvgIpc) is 3.01. The maximum atomic E-state index is 12.4. The van der Waals surface area contributed by atoms with Gasteiger partial charge in [0.05, 0.1) is 11.5 Å². The molecule has 0 spiro atoms. The Morgan fingerprint density at radius 3 is 2.65 bits per heavy atom. The molecule has 1 atom stereocenters. The van der Waals surface area contributed by atoms with Gasteiger partial charge in [-0.1, -0.05) is 6.92 Å². The third kappa shape index (κ3) is 5.17. The van der Waals surface area contributed by atoms with Gasteiger partial charge in [-0.15, -0.1) is 0 Å². The molecule has 1 heterocycles. The molecule has 1 aliphatic heterocycles. The number of sulfonamides is 1. The fourth-order valence-electron chi connectivity index (χ4n) is 2.79. The second-order valence-electron chi connectivity index (χ2n) is 5.59. The number of ether oxygens (including phenoxy) is 2. The van der Waals surface area contributed by atoms with Crippen LogP contribution in [0.25, 0.3) is 0 Å². The zero-order chi connectivity index (χ0) is 16.7. The molecular formula is C16H26N2O4S. The maximum absolute atomic E-state index is 12.4. The predicted molar refractivity (Wildman–Crippen MR) is 89.3 cm³/mol. The summed E-state index contributed by atoms with van der Waals surface area (Å²) < 4.78 is 37.8. The van der Waals surface area contributed by atoms with Crippen molar-refractivity contribution in [1.82, 2.24) is 9.62 Å². The molecular weight excluding hydrogens is 316 g/mol. The lowest BCUT2D eigenvalue weighted by Gasteiger charge is -2.22. The SMILES string of the molecule is CCN1CCC[C@H]1CNS(=O)(=O)c1ccc(OCCOC)cc1. The van der Waals surface area contributed by atoms with Crippen molar-refractivity contribution in [3.05, 3.63) is 24.3 Å². The number of rotatable bonds is 9. The van der Waals surface area contributed by atoms with Gasteiger partial charge >= 0.3 is 0 Å². The van der Waals surface area contributed by atoms with Gasteiger partial charge in [0.2, 0.25) is 10.0 Å². The van der Waals surface area contributed by atoms with Crippen molar-refractivity contribution in [2.24, 2.45) is 0 Å². The molecule has 0 radical (unpaired) electrons. The summed E-state index contributed by atoms with van der Waals surface area (Å²) >= 11 is 0. The standard InChI is InChI=1S/C16H26N2O4S/c1-3-18-10-4-5-14(18)13-17-23(19,20)16-8-6-15(7-9-16)22-12-11-21-2/h6-9,14,17H,3-5,10-13H2,1-2H3/t14-/m0/s1. The summed E-state index contributed by atoms with van der Waals surface area (Å²) in [6.45, 7) is 5.51. The van der Waals surface area contributed by atoms with Crippen LogP contribution in [0.5, 0.6) is 5.75 Å². The summed E-state index contributed by atoms with van der Waals surface area (Å²) in [6, 6.07) is 6.76. The molecule has 0 amide bonds. The van der Waals surface area contributed by atoms with E-state index in [1.54, 1.807) is 31.4 Å². The molecule has 130 valence electrons. The highest BCUT2D eigenvalue weighted by molar-refractivity contribution is 7.89. The van der Waals surface area contributed by atoms with Crippen LogP contribution >= 0.6 is 0 Å². The number of benzene rings is 1. The van der Waals surface area contributed by atoms with E-state index in [0.29, 0.717) is 31.5 Å². The molecule has 0 aromatic heterocycles. The Balaban J connectivity index is 1.91. The van der Waals surface area contributed by atoms with E-state index in [1.807, 2.05) is 0 Å². The second kappa shape index (κ2) is 8.63. The van der Waals surface area contributed by atoms with E-state index >= 15 is 0 Å². The molecule has 1 aromatic carbocycles. The highest BCUT2D eigenvalue weighted by Crippen LogP contribution is 2.18. The topological polar surface area (TPSA) is 67.9 Å². The first kappa shape index (κ1) is 18.2. The molecule has 1 saturated heterocycles. The average molecular weight is 342 g/mol. The van der Waals surface area contributed by atoms with E-state index in [1.165, 1.54) is 0 Å². The maximum Gasteiger partial charge on any atom is 0.240 e. The summed E-state index contributed by atoms with van der Waals surface area (Å²) in [6.07, 6.45) is 2.18. The first-order valence-corrected chi connectivity index (χ1v) is 9.50. The summed E-state index contributed by atoms with van der Waals surface area (Å²) in [5.74, 6) is 0.633. The largest absolute Gasteiger partial charge is 0.491 e. The Bertz CT molecular complexity index is 574. The van der Waals surface area contributed by atoms with Crippen molar-refractivity contribution in [1.29, 1.82) is 0 Å². The van der Waals surface area contributed by atoms with Crippen LogP contribution in [0.2, 0.25) is 0 Å². The molecule has 2 rings (SSSR count). The molecule has 6 nitrogen and oxygen atoms in total. The molecule has 1 N–H and O–H groups in total. The van der Waals surface area contributed by atoms with Gasteiger partial charge in [0.15, 0.2) is 0 Å². The van der Waals surface area contributed by atoms with E-state index in [2.05, 4.69) is 16.5 Å². The van der Waals surface area contributed by atoms with Crippen LogP contribution in [-0.2, 0) is 14.8 Å². The third-order valence-corrected chi connectivity index (χ3v) is 5.54. The molecule has 1 aliphatic rings. The molecule has 0 saturated carbocycles.